The molecule has 0 radical (unpaired) electrons. The van der Waals surface area contributed by atoms with Crippen molar-refractivity contribution in [3.05, 3.63) is 81.3 Å². The second-order valence-corrected chi connectivity index (χ2v) is 7.26. The van der Waals surface area contributed by atoms with Crippen LogP contribution in [-0.2, 0) is 6.42 Å². The van der Waals surface area contributed by atoms with Crippen LogP contribution in [0.3, 0.4) is 0 Å². The monoisotopic (exact) mass is 404 g/mol. The maximum atomic E-state index is 12.4. The number of amides is 2. The number of aromatic nitrogens is 2. The van der Waals surface area contributed by atoms with Gasteiger partial charge in [-0.15, -0.1) is 0 Å². The fourth-order valence-electron chi connectivity index (χ4n) is 3.61. The van der Waals surface area contributed by atoms with Crippen molar-refractivity contribution >= 4 is 17.5 Å². The summed E-state index contributed by atoms with van der Waals surface area (Å²) in [5.74, 6) is 0.282. The van der Waals surface area contributed by atoms with Crippen molar-refractivity contribution in [3.63, 3.8) is 0 Å². The topological polar surface area (TPSA) is 109 Å². The molecule has 2 aromatic carbocycles. The summed E-state index contributed by atoms with van der Waals surface area (Å²) in [4.78, 5) is 44.4. The van der Waals surface area contributed by atoms with Gasteiger partial charge in [-0.05, 0) is 31.9 Å². The predicted octanol–water partition coefficient (Wildman–Crippen LogP) is 3.91. The molecule has 0 fully saturated rings. The second-order valence-electron chi connectivity index (χ2n) is 7.26. The van der Waals surface area contributed by atoms with Gasteiger partial charge in [-0.3, -0.25) is 24.6 Å². The number of rotatable bonds is 7. The highest BCUT2D eigenvalue weighted by Gasteiger charge is 2.34. The molecular weight excluding hydrogens is 384 g/mol. The van der Waals surface area contributed by atoms with E-state index in [2.05, 4.69) is 9.97 Å². The number of H-pyrrole nitrogens is 1. The number of fused-ring (bicyclic) bond motifs is 1. The number of hydrogen-bond acceptors (Lipinski definition) is 5. The lowest BCUT2D eigenvalue weighted by atomic mass is 10.1. The Morgan fingerprint density at radius 3 is 2.43 bits per heavy atom. The molecular formula is C22H20N4O4. The third-order valence-electron chi connectivity index (χ3n) is 5.26. The Bertz CT molecular complexity index is 1120. The number of benzene rings is 2. The molecule has 0 bridgehead atoms. The molecule has 0 unspecified atom stereocenters. The summed E-state index contributed by atoms with van der Waals surface area (Å²) in [6, 6.07) is 11.9. The minimum Gasteiger partial charge on any atom is -0.348 e. The summed E-state index contributed by atoms with van der Waals surface area (Å²) in [5.41, 5.74) is 2.93. The molecule has 0 saturated carbocycles. The number of imide groups is 1. The van der Waals surface area contributed by atoms with E-state index in [1.54, 1.807) is 43.5 Å². The van der Waals surface area contributed by atoms with Crippen molar-refractivity contribution in [1.82, 2.24) is 14.9 Å². The Kier molecular flexibility index (Phi) is 5.14. The largest absolute Gasteiger partial charge is 0.348 e. The van der Waals surface area contributed by atoms with Gasteiger partial charge in [0.25, 0.3) is 17.5 Å². The number of aromatic amines is 1. The second kappa shape index (κ2) is 7.90. The fourth-order valence-corrected chi connectivity index (χ4v) is 3.61. The van der Waals surface area contributed by atoms with E-state index >= 15 is 0 Å². The Balaban J connectivity index is 1.34. The van der Waals surface area contributed by atoms with Crippen LogP contribution in [0, 0.1) is 17.0 Å². The summed E-state index contributed by atoms with van der Waals surface area (Å²) in [6.45, 7) is 2.07. The average molecular weight is 404 g/mol. The van der Waals surface area contributed by atoms with Crippen molar-refractivity contribution in [2.75, 3.05) is 6.54 Å². The summed E-state index contributed by atoms with van der Waals surface area (Å²) in [6.07, 6.45) is 3.79. The Morgan fingerprint density at radius 2 is 1.77 bits per heavy atom. The molecule has 8 heteroatoms. The number of carbonyl (C=O) groups is 2. The summed E-state index contributed by atoms with van der Waals surface area (Å²) >= 11 is 0. The first kappa shape index (κ1) is 19.5. The molecule has 1 aliphatic heterocycles. The number of nitro benzene ring substituents is 1. The van der Waals surface area contributed by atoms with E-state index in [9.17, 15) is 19.7 Å². The minimum absolute atomic E-state index is 0.0676. The first-order valence-electron chi connectivity index (χ1n) is 9.70. The Labute approximate surface area is 172 Å². The summed E-state index contributed by atoms with van der Waals surface area (Å²) in [5, 5.41) is 11.1. The highest BCUT2D eigenvalue weighted by Crippen LogP contribution is 2.26. The molecule has 0 spiro atoms. The molecule has 1 N–H and O–H groups in total. The first-order valence-corrected chi connectivity index (χ1v) is 9.70. The van der Waals surface area contributed by atoms with Gasteiger partial charge in [0.05, 0.1) is 21.7 Å². The van der Waals surface area contributed by atoms with Crippen molar-refractivity contribution in [2.45, 2.75) is 26.2 Å². The van der Waals surface area contributed by atoms with Gasteiger partial charge in [-0.1, -0.05) is 24.3 Å². The van der Waals surface area contributed by atoms with Gasteiger partial charge in [-0.2, -0.15) is 0 Å². The van der Waals surface area contributed by atoms with E-state index in [1.165, 1.54) is 11.0 Å². The molecule has 3 aromatic rings. The van der Waals surface area contributed by atoms with Crippen molar-refractivity contribution in [2.24, 2.45) is 0 Å². The Hall–Kier alpha value is -3.81. The molecule has 30 heavy (non-hydrogen) atoms. The zero-order valence-corrected chi connectivity index (χ0v) is 16.4. The molecule has 1 aromatic heterocycles. The van der Waals surface area contributed by atoms with Gasteiger partial charge in [0, 0.05) is 36.4 Å². The molecule has 1 aliphatic rings. The van der Waals surface area contributed by atoms with Crippen molar-refractivity contribution in [1.29, 1.82) is 0 Å². The van der Waals surface area contributed by atoms with E-state index in [1.807, 2.05) is 6.07 Å². The van der Waals surface area contributed by atoms with Crippen LogP contribution in [0.5, 0.6) is 0 Å². The van der Waals surface area contributed by atoms with Crippen LogP contribution in [0.2, 0.25) is 0 Å². The van der Waals surface area contributed by atoms with Gasteiger partial charge in [0.1, 0.15) is 5.82 Å². The van der Waals surface area contributed by atoms with Crippen LogP contribution in [0.15, 0.2) is 48.7 Å². The molecule has 152 valence electrons. The summed E-state index contributed by atoms with van der Waals surface area (Å²) in [7, 11) is 0. The van der Waals surface area contributed by atoms with Crippen molar-refractivity contribution in [3.8, 4) is 11.3 Å². The van der Waals surface area contributed by atoms with Gasteiger partial charge >= 0.3 is 0 Å². The predicted molar refractivity (Wildman–Crippen MR) is 110 cm³/mol. The van der Waals surface area contributed by atoms with Crippen molar-refractivity contribution < 1.29 is 14.5 Å². The molecule has 0 saturated heterocycles. The van der Waals surface area contributed by atoms with Crippen LogP contribution in [0.25, 0.3) is 11.3 Å². The highest BCUT2D eigenvalue weighted by molar-refractivity contribution is 6.21. The quantitative estimate of drug-likeness (QED) is 0.278. The number of imidazole rings is 1. The number of nitrogens with zero attached hydrogens (tertiary/aromatic N) is 3. The van der Waals surface area contributed by atoms with Gasteiger partial charge in [-0.25, -0.2) is 4.98 Å². The number of nitrogens with one attached hydrogen (secondary N) is 1. The standard InChI is InChI=1S/C22H20N4O4/c1-14-9-10-15(12-19(14)26(29)30)18-13-23-20(24-18)8-4-5-11-25-21(27)16-6-2-3-7-17(16)22(25)28/h2-3,6-7,9-10,12-13H,4-5,8,11H2,1H3,(H,23,24). The molecule has 2 heterocycles. The maximum absolute atomic E-state index is 12.4. The third kappa shape index (κ3) is 3.59. The number of aryl methyl sites for hydroxylation is 2. The maximum Gasteiger partial charge on any atom is 0.272 e. The van der Waals surface area contributed by atoms with E-state index in [4.69, 9.17) is 0 Å². The number of unbranched alkanes of at least 4 members (excludes halogenated alkanes) is 1. The number of carbonyl (C=O) groups excluding carboxylic acids is 2. The van der Waals surface area contributed by atoms with Crippen LogP contribution in [0.4, 0.5) is 5.69 Å². The zero-order chi connectivity index (χ0) is 21.3. The van der Waals surface area contributed by atoms with Crippen LogP contribution < -0.4 is 0 Å². The van der Waals surface area contributed by atoms with Gasteiger partial charge in [0.15, 0.2) is 0 Å². The van der Waals surface area contributed by atoms with E-state index in [-0.39, 0.29) is 17.5 Å². The number of hydrogen-bond donors (Lipinski definition) is 1. The lowest BCUT2D eigenvalue weighted by molar-refractivity contribution is -0.385. The minimum atomic E-state index is -0.397. The molecule has 2 amide bonds. The highest BCUT2D eigenvalue weighted by atomic mass is 16.6. The van der Waals surface area contributed by atoms with Crippen LogP contribution in [-0.4, -0.2) is 38.2 Å². The van der Waals surface area contributed by atoms with E-state index in [0.717, 1.165) is 12.2 Å². The fraction of sp³-hybridized carbons (Fsp3) is 0.227. The zero-order valence-electron chi connectivity index (χ0n) is 16.4. The van der Waals surface area contributed by atoms with Gasteiger partial charge < -0.3 is 4.98 Å². The molecule has 0 aliphatic carbocycles. The molecule has 8 nitrogen and oxygen atoms in total. The number of nitro groups is 1. The van der Waals surface area contributed by atoms with Crippen LogP contribution >= 0.6 is 0 Å². The van der Waals surface area contributed by atoms with E-state index in [0.29, 0.717) is 47.3 Å². The summed E-state index contributed by atoms with van der Waals surface area (Å²) < 4.78 is 0. The lowest BCUT2D eigenvalue weighted by Crippen LogP contribution is -2.30. The normalized spacial score (nSPS) is 13.0. The average Bonchev–Trinajstić information content (AvgIpc) is 3.30. The third-order valence-corrected chi connectivity index (χ3v) is 5.26. The molecule has 4 rings (SSSR count). The smallest absolute Gasteiger partial charge is 0.272 e. The van der Waals surface area contributed by atoms with Gasteiger partial charge in [0.2, 0.25) is 0 Å². The Morgan fingerprint density at radius 1 is 1.07 bits per heavy atom. The SMILES string of the molecule is Cc1ccc(-c2c[nH]c(CCCCN3C(=O)c4ccccc4C3=O)n2)cc1[N+](=O)[O-]. The lowest BCUT2D eigenvalue weighted by Gasteiger charge is -2.13. The van der Waals surface area contributed by atoms with E-state index < -0.39 is 4.92 Å². The van der Waals surface area contributed by atoms with Crippen LogP contribution in [0.1, 0.15) is 44.9 Å². The first-order chi connectivity index (χ1) is 14.5. The molecule has 0 atom stereocenters.